The van der Waals surface area contributed by atoms with Gasteiger partial charge in [0.1, 0.15) is 5.82 Å². The van der Waals surface area contributed by atoms with Crippen molar-refractivity contribution in [1.29, 1.82) is 0 Å². The van der Waals surface area contributed by atoms with Crippen LogP contribution >= 0.6 is 23.8 Å². The standard InChI is InChI=1S/C11H9ClN4O2S/c12-7-4-2-1-3-6(7)5-16-9(13)8(15-18)10(17)14-11(16)19/h1-4H,5,13H2,(H,14,17,19). The van der Waals surface area contributed by atoms with E-state index < -0.39 is 5.56 Å². The number of nitrogens with zero attached hydrogens (tertiary/aromatic N) is 2. The zero-order valence-electron chi connectivity index (χ0n) is 9.59. The lowest BCUT2D eigenvalue weighted by molar-refractivity contribution is 0.758. The van der Waals surface area contributed by atoms with Crippen molar-refractivity contribution in [1.82, 2.24) is 9.55 Å². The molecule has 0 radical (unpaired) electrons. The van der Waals surface area contributed by atoms with Gasteiger partial charge < -0.3 is 5.73 Å². The SMILES string of the molecule is Nc1c(N=O)c(=O)[nH]c(=S)n1Cc1ccccc1Cl. The smallest absolute Gasteiger partial charge is 0.283 e. The maximum atomic E-state index is 11.4. The van der Waals surface area contributed by atoms with E-state index in [0.717, 1.165) is 5.56 Å². The molecule has 1 heterocycles. The molecule has 0 saturated heterocycles. The molecule has 8 heteroatoms. The number of halogens is 1. The van der Waals surface area contributed by atoms with Crippen LogP contribution in [0.1, 0.15) is 5.56 Å². The molecule has 2 rings (SSSR count). The minimum absolute atomic E-state index is 0.0799. The maximum Gasteiger partial charge on any atom is 0.283 e. The van der Waals surface area contributed by atoms with Gasteiger partial charge in [-0.3, -0.25) is 14.3 Å². The van der Waals surface area contributed by atoms with E-state index in [9.17, 15) is 9.70 Å². The number of anilines is 1. The molecule has 6 nitrogen and oxygen atoms in total. The molecule has 0 unspecified atom stereocenters. The van der Waals surface area contributed by atoms with E-state index in [4.69, 9.17) is 29.6 Å². The Labute approximate surface area is 117 Å². The molecule has 1 aromatic heterocycles. The molecule has 0 bridgehead atoms. The fraction of sp³-hybridized carbons (Fsp3) is 0.0909. The third-order valence-electron chi connectivity index (χ3n) is 2.59. The Morgan fingerprint density at radius 2 is 2.11 bits per heavy atom. The molecule has 3 N–H and O–H groups in total. The second-order valence-electron chi connectivity index (χ2n) is 3.76. The Morgan fingerprint density at radius 1 is 1.42 bits per heavy atom. The number of rotatable bonds is 3. The van der Waals surface area contributed by atoms with Crippen LogP contribution in [0.15, 0.2) is 34.2 Å². The Kier molecular flexibility index (Phi) is 3.77. The van der Waals surface area contributed by atoms with E-state index in [1.807, 2.05) is 6.07 Å². The van der Waals surface area contributed by atoms with Gasteiger partial charge in [-0.15, -0.1) is 4.91 Å². The molecular weight excluding hydrogens is 288 g/mol. The highest BCUT2D eigenvalue weighted by atomic mass is 35.5. The van der Waals surface area contributed by atoms with Crippen LogP contribution in [-0.2, 0) is 6.54 Å². The molecule has 0 atom stereocenters. The van der Waals surface area contributed by atoms with Crippen molar-refractivity contribution in [3.05, 3.63) is 54.9 Å². The second kappa shape index (κ2) is 5.33. The van der Waals surface area contributed by atoms with Gasteiger partial charge in [-0.1, -0.05) is 29.8 Å². The molecule has 0 aliphatic rings. The summed E-state index contributed by atoms with van der Waals surface area (Å²) in [5.41, 5.74) is 5.40. The van der Waals surface area contributed by atoms with Crippen LogP contribution in [0.2, 0.25) is 5.02 Å². The van der Waals surface area contributed by atoms with Crippen LogP contribution in [0.25, 0.3) is 0 Å². The molecule has 2 aromatic rings. The zero-order valence-corrected chi connectivity index (χ0v) is 11.2. The van der Waals surface area contributed by atoms with Gasteiger partial charge in [0.25, 0.3) is 5.56 Å². The van der Waals surface area contributed by atoms with E-state index in [1.54, 1.807) is 18.2 Å². The quantitative estimate of drug-likeness (QED) is 0.672. The average molecular weight is 297 g/mol. The summed E-state index contributed by atoms with van der Waals surface area (Å²) in [4.78, 5) is 24.4. The monoisotopic (exact) mass is 296 g/mol. The highest BCUT2D eigenvalue weighted by molar-refractivity contribution is 7.71. The van der Waals surface area contributed by atoms with Crippen LogP contribution in [-0.4, -0.2) is 9.55 Å². The first-order chi connectivity index (χ1) is 9.04. The number of aromatic nitrogens is 2. The number of nitrogens with one attached hydrogen (secondary N) is 1. The van der Waals surface area contributed by atoms with Gasteiger partial charge >= 0.3 is 0 Å². The third-order valence-corrected chi connectivity index (χ3v) is 3.28. The number of H-pyrrole nitrogens is 1. The number of hydrogen-bond donors (Lipinski definition) is 2. The normalized spacial score (nSPS) is 10.4. The Balaban J connectivity index is 2.59. The molecule has 0 aliphatic heterocycles. The summed E-state index contributed by atoms with van der Waals surface area (Å²) in [7, 11) is 0. The minimum Gasteiger partial charge on any atom is -0.383 e. The van der Waals surface area contributed by atoms with Crippen molar-refractivity contribution in [3.63, 3.8) is 0 Å². The molecule has 0 spiro atoms. The van der Waals surface area contributed by atoms with Crippen molar-refractivity contribution in [2.45, 2.75) is 6.54 Å². The maximum absolute atomic E-state index is 11.4. The summed E-state index contributed by atoms with van der Waals surface area (Å²) in [6, 6.07) is 7.12. The topological polar surface area (TPSA) is 93.2 Å². The summed E-state index contributed by atoms with van der Waals surface area (Å²) in [6.45, 7) is 0.240. The fourth-order valence-corrected chi connectivity index (χ4v) is 2.07. The molecule has 0 amide bonds. The van der Waals surface area contributed by atoms with Crippen LogP contribution in [0.5, 0.6) is 0 Å². The highest BCUT2D eigenvalue weighted by Crippen LogP contribution is 2.21. The number of nitrogen functional groups attached to an aromatic ring is 1. The summed E-state index contributed by atoms with van der Waals surface area (Å²) >= 11 is 11.1. The summed E-state index contributed by atoms with van der Waals surface area (Å²) in [5.74, 6) is -0.0799. The van der Waals surface area contributed by atoms with Crippen molar-refractivity contribution in [3.8, 4) is 0 Å². The van der Waals surface area contributed by atoms with Crippen molar-refractivity contribution in [2.24, 2.45) is 5.18 Å². The highest BCUT2D eigenvalue weighted by Gasteiger charge is 2.12. The van der Waals surface area contributed by atoms with Crippen molar-refractivity contribution < 1.29 is 0 Å². The molecule has 0 aliphatic carbocycles. The van der Waals surface area contributed by atoms with E-state index in [1.165, 1.54) is 4.57 Å². The molecular formula is C11H9ClN4O2S. The van der Waals surface area contributed by atoms with Crippen LogP contribution in [0.3, 0.4) is 0 Å². The lowest BCUT2D eigenvalue weighted by atomic mass is 10.2. The number of hydrogen-bond acceptors (Lipinski definition) is 5. The number of nitroso groups, excluding NO2 is 1. The van der Waals surface area contributed by atoms with E-state index >= 15 is 0 Å². The van der Waals surface area contributed by atoms with Crippen molar-refractivity contribution in [2.75, 3.05) is 5.73 Å². The van der Waals surface area contributed by atoms with Gasteiger partial charge in [0.15, 0.2) is 4.77 Å². The van der Waals surface area contributed by atoms with Gasteiger partial charge in [-0.2, -0.15) is 0 Å². The number of nitrogens with two attached hydrogens (primary N) is 1. The lowest BCUT2D eigenvalue weighted by Gasteiger charge is -2.12. The fourth-order valence-electron chi connectivity index (χ4n) is 1.62. The van der Waals surface area contributed by atoms with Gasteiger partial charge in [0.05, 0.1) is 6.54 Å². The molecule has 1 aromatic carbocycles. The predicted octanol–water partition coefficient (Wildman–Crippen LogP) is 2.59. The largest absolute Gasteiger partial charge is 0.383 e. The van der Waals surface area contributed by atoms with Gasteiger partial charge in [-0.05, 0) is 29.0 Å². The van der Waals surface area contributed by atoms with Gasteiger partial charge in [0, 0.05) is 5.02 Å². The van der Waals surface area contributed by atoms with E-state index in [2.05, 4.69) is 10.2 Å². The Hall–Kier alpha value is -1.99. The Morgan fingerprint density at radius 3 is 2.74 bits per heavy atom. The summed E-state index contributed by atoms with van der Waals surface area (Å²) < 4.78 is 1.50. The first kappa shape index (κ1) is 13.4. The van der Waals surface area contributed by atoms with Crippen LogP contribution in [0, 0.1) is 9.68 Å². The number of aromatic amines is 1. The second-order valence-corrected chi connectivity index (χ2v) is 4.56. The van der Waals surface area contributed by atoms with E-state index in [-0.39, 0.29) is 22.8 Å². The lowest BCUT2D eigenvalue weighted by Crippen LogP contribution is -2.18. The Bertz CT molecular complexity index is 753. The third kappa shape index (κ3) is 2.56. The average Bonchev–Trinajstić information content (AvgIpc) is 2.36. The van der Waals surface area contributed by atoms with Crippen LogP contribution in [0.4, 0.5) is 11.5 Å². The van der Waals surface area contributed by atoms with Crippen LogP contribution < -0.4 is 11.3 Å². The molecule has 0 fully saturated rings. The molecule has 19 heavy (non-hydrogen) atoms. The number of benzene rings is 1. The molecule has 0 saturated carbocycles. The molecule has 98 valence electrons. The van der Waals surface area contributed by atoms with Gasteiger partial charge in [0.2, 0.25) is 5.69 Å². The van der Waals surface area contributed by atoms with E-state index in [0.29, 0.717) is 5.02 Å². The zero-order chi connectivity index (χ0) is 14.0. The van der Waals surface area contributed by atoms with Crippen molar-refractivity contribution >= 4 is 35.3 Å². The summed E-state index contributed by atoms with van der Waals surface area (Å²) in [5, 5.41) is 3.15. The summed E-state index contributed by atoms with van der Waals surface area (Å²) in [6.07, 6.45) is 0. The first-order valence-corrected chi connectivity index (χ1v) is 6.02. The van der Waals surface area contributed by atoms with Gasteiger partial charge in [-0.25, -0.2) is 0 Å². The first-order valence-electron chi connectivity index (χ1n) is 5.24. The minimum atomic E-state index is -0.701. The predicted molar refractivity (Wildman–Crippen MR) is 76.3 cm³/mol.